The Kier molecular flexibility index (Phi) is 4.83. The summed E-state index contributed by atoms with van der Waals surface area (Å²) >= 11 is 0. The highest BCUT2D eigenvalue weighted by Crippen LogP contribution is 2.20. The second-order valence-corrected chi connectivity index (χ2v) is 5.78. The Balaban J connectivity index is 2.18. The number of hydrogen-bond acceptors (Lipinski definition) is 4. The number of carbonyl (C=O) groups is 2. The van der Waals surface area contributed by atoms with Gasteiger partial charge in [0, 0.05) is 11.6 Å². The van der Waals surface area contributed by atoms with Crippen LogP contribution < -0.4 is 5.32 Å². The van der Waals surface area contributed by atoms with E-state index in [1.165, 1.54) is 13.0 Å². The second-order valence-electron chi connectivity index (χ2n) is 5.78. The van der Waals surface area contributed by atoms with E-state index in [4.69, 9.17) is 4.52 Å². The molecule has 6 nitrogen and oxygen atoms in total. The summed E-state index contributed by atoms with van der Waals surface area (Å²) in [5.41, 5.74) is 1.14. The smallest absolute Gasteiger partial charge is 0.329 e. The molecule has 1 aromatic carbocycles. The number of aromatic nitrogens is 1. The van der Waals surface area contributed by atoms with Gasteiger partial charge in [-0.2, -0.15) is 0 Å². The average molecular weight is 316 g/mol. The molecule has 0 saturated heterocycles. The Morgan fingerprint density at radius 1 is 1.30 bits per heavy atom. The van der Waals surface area contributed by atoms with E-state index in [-0.39, 0.29) is 5.76 Å². The van der Waals surface area contributed by atoms with Gasteiger partial charge in [-0.3, -0.25) is 4.79 Å². The highest BCUT2D eigenvalue weighted by molar-refractivity contribution is 5.96. The summed E-state index contributed by atoms with van der Waals surface area (Å²) in [5, 5.41) is 15.7. The molecule has 2 N–H and O–H groups in total. The first kappa shape index (κ1) is 16.7. The van der Waals surface area contributed by atoms with Gasteiger partial charge in [-0.1, -0.05) is 48.3 Å². The van der Waals surface area contributed by atoms with E-state index in [0.717, 1.165) is 11.1 Å². The number of hydrogen-bond donors (Lipinski definition) is 2. The molecular formula is C17H20N2O4. The molecule has 0 aliphatic carbocycles. The van der Waals surface area contributed by atoms with E-state index < -0.39 is 17.4 Å². The van der Waals surface area contributed by atoms with Gasteiger partial charge in [0.05, 0.1) is 0 Å². The minimum atomic E-state index is -1.33. The van der Waals surface area contributed by atoms with Crippen LogP contribution in [0.25, 0.3) is 11.3 Å². The predicted molar refractivity (Wildman–Crippen MR) is 85.1 cm³/mol. The highest BCUT2D eigenvalue weighted by atomic mass is 16.5. The van der Waals surface area contributed by atoms with Gasteiger partial charge in [-0.05, 0) is 20.3 Å². The van der Waals surface area contributed by atoms with Crippen LogP contribution in [0.4, 0.5) is 0 Å². The Labute approximate surface area is 134 Å². The van der Waals surface area contributed by atoms with E-state index in [2.05, 4.69) is 10.5 Å². The van der Waals surface area contributed by atoms with Gasteiger partial charge in [0.1, 0.15) is 11.2 Å². The Morgan fingerprint density at radius 2 is 1.96 bits per heavy atom. The molecule has 2 rings (SSSR count). The minimum absolute atomic E-state index is 0.0100. The van der Waals surface area contributed by atoms with Crippen molar-refractivity contribution >= 4 is 11.9 Å². The number of aryl methyl sites for hydroxylation is 1. The third-order valence-corrected chi connectivity index (χ3v) is 3.69. The summed E-state index contributed by atoms with van der Waals surface area (Å²) in [6.07, 6.45) is 0.959. The van der Waals surface area contributed by atoms with Crippen molar-refractivity contribution in [2.45, 2.75) is 39.2 Å². The van der Waals surface area contributed by atoms with Gasteiger partial charge in [0.15, 0.2) is 0 Å². The highest BCUT2D eigenvalue weighted by Gasteiger charge is 2.35. The monoisotopic (exact) mass is 316 g/mol. The quantitative estimate of drug-likeness (QED) is 0.854. The zero-order valence-corrected chi connectivity index (χ0v) is 13.4. The number of carboxylic acids is 1. The van der Waals surface area contributed by atoms with Crippen molar-refractivity contribution in [1.82, 2.24) is 10.5 Å². The molecule has 0 aliphatic rings. The molecule has 0 radical (unpaired) electrons. The molecule has 1 amide bonds. The summed E-state index contributed by atoms with van der Waals surface area (Å²) in [6, 6.07) is 9.15. The van der Waals surface area contributed by atoms with E-state index in [1.807, 2.05) is 38.1 Å². The molecule has 1 aromatic heterocycles. The van der Waals surface area contributed by atoms with Crippen LogP contribution in [0.5, 0.6) is 0 Å². The third-order valence-electron chi connectivity index (χ3n) is 3.69. The van der Waals surface area contributed by atoms with Crippen LogP contribution in [0.3, 0.4) is 0 Å². The number of rotatable bonds is 6. The average Bonchev–Trinajstić information content (AvgIpc) is 2.98. The summed E-state index contributed by atoms with van der Waals surface area (Å²) in [4.78, 5) is 23.6. The van der Waals surface area contributed by atoms with Crippen molar-refractivity contribution in [2.24, 2.45) is 0 Å². The van der Waals surface area contributed by atoms with Crippen molar-refractivity contribution in [1.29, 1.82) is 0 Å². The molecule has 2 aromatic rings. The summed E-state index contributed by atoms with van der Waals surface area (Å²) in [5.74, 6) is -1.68. The number of nitrogens with zero attached hydrogens (tertiary/aromatic N) is 1. The number of benzene rings is 1. The first-order chi connectivity index (χ1) is 10.9. The maximum Gasteiger partial charge on any atom is 0.329 e. The van der Waals surface area contributed by atoms with Crippen LogP contribution in [0.15, 0.2) is 34.9 Å². The molecule has 1 atom stereocenters. The lowest BCUT2D eigenvalue weighted by Gasteiger charge is -2.24. The molecule has 122 valence electrons. The van der Waals surface area contributed by atoms with Gasteiger partial charge in [0.25, 0.3) is 5.91 Å². The number of aliphatic carboxylic acids is 1. The van der Waals surface area contributed by atoms with E-state index in [0.29, 0.717) is 18.5 Å². The van der Waals surface area contributed by atoms with Crippen LogP contribution in [0, 0.1) is 6.92 Å². The van der Waals surface area contributed by atoms with Crippen LogP contribution in [0.1, 0.15) is 42.8 Å². The van der Waals surface area contributed by atoms with E-state index >= 15 is 0 Å². The van der Waals surface area contributed by atoms with Crippen molar-refractivity contribution < 1.29 is 19.2 Å². The van der Waals surface area contributed by atoms with Gasteiger partial charge in [-0.25, -0.2) is 4.79 Å². The van der Waals surface area contributed by atoms with E-state index in [9.17, 15) is 14.7 Å². The van der Waals surface area contributed by atoms with Crippen LogP contribution in [0.2, 0.25) is 0 Å². The lowest BCUT2D eigenvalue weighted by molar-refractivity contribution is -0.144. The minimum Gasteiger partial charge on any atom is -0.480 e. The predicted octanol–water partition coefficient (Wildman–Crippen LogP) is 3.02. The number of carboxylic acid groups (broad SMARTS) is 1. The Hall–Kier alpha value is -2.63. The molecule has 1 heterocycles. The lowest BCUT2D eigenvalue weighted by Crippen LogP contribution is -2.52. The molecular weight excluding hydrogens is 296 g/mol. The van der Waals surface area contributed by atoms with Crippen molar-refractivity contribution in [3.05, 3.63) is 41.7 Å². The number of amides is 1. The van der Waals surface area contributed by atoms with Gasteiger partial charge < -0.3 is 14.9 Å². The molecule has 0 aliphatic heterocycles. The maximum absolute atomic E-state index is 12.2. The zero-order valence-electron chi connectivity index (χ0n) is 13.4. The Morgan fingerprint density at radius 3 is 2.52 bits per heavy atom. The molecule has 0 fully saturated rings. The molecule has 23 heavy (non-hydrogen) atoms. The van der Waals surface area contributed by atoms with Gasteiger partial charge in [-0.15, -0.1) is 0 Å². The molecule has 1 unspecified atom stereocenters. The first-order valence-electron chi connectivity index (χ1n) is 7.45. The van der Waals surface area contributed by atoms with Crippen LogP contribution >= 0.6 is 0 Å². The SMILES string of the molecule is CCCC(C)(NC(=O)c1cc(-c2ccc(C)cc2)no1)C(=O)O. The fourth-order valence-electron chi connectivity index (χ4n) is 2.28. The van der Waals surface area contributed by atoms with Gasteiger partial charge in [0.2, 0.25) is 5.76 Å². The van der Waals surface area contributed by atoms with Crippen molar-refractivity contribution in [3.8, 4) is 11.3 Å². The number of carbonyl (C=O) groups excluding carboxylic acids is 1. The molecule has 0 bridgehead atoms. The van der Waals surface area contributed by atoms with E-state index in [1.54, 1.807) is 0 Å². The van der Waals surface area contributed by atoms with Crippen LogP contribution in [-0.2, 0) is 4.79 Å². The first-order valence-corrected chi connectivity index (χ1v) is 7.45. The summed E-state index contributed by atoms with van der Waals surface area (Å²) in [6.45, 7) is 5.32. The number of nitrogens with one attached hydrogen (secondary N) is 1. The summed E-state index contributed by atoms with van der Waals surface area (Å²) < 4.78 is 5.06. The fraction of sp³-hybridized carbons (Fsp3) is 0.353. The summed E-state index contributed by atoms with van der Waals surface area (Å²) in [7, 11) is 0. The normalized spacial score (nSPS) is 13.3. The molecule has 0 spiro atoms. The zero-order chi connectivity index (χ0) is 17.0. The molecule has 6 heteroatoms. The third kappa shape index (κ3) is 3.77. The Bertz CT molecular complexity index is 706. The van der Waals surface area contributed by atoms with Crippen molar-refractivity contribution in [3.63, 3.8) is 0 Å². The lowest BCUT2D eigenvalue weighted by atomic mass is 9.96. The van der Waals surface area contributed by atoms with Crippen LogP contribution in [-0.4, -0.2) is 27.7 Å². The fourth-order valence-corrected chi connectivity index (χ4v) is 2.28. The standard InChI is InChI=1S/C17H20N2O4/c1-4-9-17(3,16(21)22)18-15(20)14-10-13(19-23-14)12-7-5-11(2)6-8-12/h5-8,10H,4,9H2,1-3H3,(H,18,20)(H,21,22). The second kappa shape index (κ2) is 6.64. The largest absolute Gasteiger partial charge is 0.480 e. The maximum atomic E-state index is 12.2. The van der Waals surface area contributed by atoms with Crippen molar-refractivity contribution in [2.75, 3.05) is 0 Å². The molecule has 0 saturated carbocycles. The van der Waals surface area contributed by atoms with Gasteiger partial charge >= 0.3 is 5.97 Å². The topological polar surface area (TPSA) is 92.4 Å².